The molecule has 0 aliphatic carbocycles. The predicted octanol–water partition coefficient (Wildman–Crippen LogP) is 5.08. The number of carbonyl (C=O) groups excluding carboxylic acids is 1. The molecule has 0 aromatic heterocycles. The van der Waals surface area contributed by atoms with Crippen LogP contribution in [0.15, 0.2) is 77.9 Å². The van der Waals surface area contributed by atoms with E-state index in [-0.39, 0.29) is 12.5 Å². The molecule has 0 saturated carbocycles. The number of nitrogens with zero attached hydrogens (tertiary/aromatic N) is 1. The molecule has 0 bridgehead atoms. The molecule has 0 aliphatic rings. The quantitative estimate of drug-likeness (QED) is 0.417. The Balaban J connectivity index is 1.62. The van der Waals surface area contributed by atoms with Crippen LogP contribution in [-0.4, -0.2) is 18.7 Å². The van der Waals surface area contributed by atoms with Crippen LogP contribution in [0, 0.1) is 0 Å². The summed E-state index contributed by atoms with van der Waals surface area (Å²) in [6.45, 7) is 2.81. The van der Waals surface area contributed by atoms with Crippen molar-refractivity contribution in [2.75, 3.05) is 6.61 Å². The molecule has 0 radical (unpaired) electrons. The minimum atomic E-state index is -0.359. The summed E-state index contributed by atoms with van der Waals surface area (Å²) in [5, 5.41) is 4.64. The van der Waals surface area contributed by atoms with E-state index in [9.17, 15) is 4.79 Å². The van der Waals surface area contributed by atoms with Gasteiger partial charge in [-0.15, -0.1) is 0 Å². The summed E-state index contributed by atoms with van der Waals surface area (Å²) in [6.07, 6.45) is 1.57. The lowest BCUT2D eigenvalue weighted by molar-refractivity contribution is 0.0950. The molecular formula is C23H21ClN2O3. The van der Waals surface area contributed by atoms with Crippen LogP contribution < -0.4 is 14.9 Å². The Labute approximate surface area is 174 Å². The lowest BCUT2D eigenvalue weighted by atomic mass is 10.2. The van der Waals surface area contributed by atoms with Gasteiger partial charge in [0.05, 0.1) is 18.4 Å². The molecule has 0 unspecified atom stereocenters. The summed E-state index contributed by atoms with van der Waals surface area (Å²) >= 11 is 6.16. The van der Waals surface area contributed by atoms with E-state index < -0.39 is 0 Å². The minimum absolute atomic E-state index is 0.263. The maximum Gasteiger partial charge on any atom is 0.275 e. The molecule has 0 heterocycles. The van der Waals surface area contributed by atoms with E-state index in [1.165, 1.54) is 0 Å². The van der Waals surface area contributed by atoms with Gasteiger partial charge in [-0.25, -0.2) is 5.43 Å². The molecule has 0 fully saturated rings. The molecule has 0 atom stereocenters. The number of benzene rings is 3. The standard InChI is InChI=1S/C23H21ClN2O3/c1-2-28-19-13-11-17(12-14-19)15-25-26-23(27)20-8-4-6-10-22(20)29-16-18-7-3-5-9-21(18)24/h3-15H,2,16H2,1H3,(H,26,27)/b25-15+. The van der Waals surface area contributed by atoms with Crippen molar-refractivity contribution in [2.24, 2.45) is 5.10 Å². The van der Waals surface area contributed by atoms with Crippen LogP contribution in [0.3, 0.4) is 0 Å². The summed E-state index contributed by atoms with van der Waals surface area (Å²) in [5.74, 6) is 0.890. The monoisotopic (exact) mass is 408 g/mol. The van der Waals surface area contributed by atoms with Gasteiger partial charge in [-0.3, -0.25) is 4.79 Å². The van der Waals surface area contributed by atoms with Crippen molar-refractivity contribution >= 4 is 23.7 Å². The molecule has 29 heavy (non-hydrogen) atoms. The molecule has 0 spiro atoms. The predicted molar refractivity (Wildman–Crippen MR) is 115 cm³/mol. The summed E-state index contributed by atoms with van der Waals surface area (Å²) in [5.41, 5.74) is 4.61. The number of carbonyl (C=O) groups is 1. The summed E-state index contributed by atoms with van der Waals surface area (Å²) in [6, 6.07) is 21.9. The Bertz CT molecular complexity index is 987. The number of halogens is 1. The third kappa shape index (κ3) is 5.83. The molecule has 1 N–H and O–H groups in total. The van der Waals surface area contributed by atoms with Gasteiger partial charge in [-0.1, -0.05) is 41.9 Å². The van der Waals surface area contributed by atoms with Crippen LogP contribution in [0.25, 0.3) is 0 Å². The molecule has 0 aliphatic heterocycles. The van der Waals surface area contributed by atoms with Gasteiger partial charge in [0.25, 0.3) is 5.91 Å². The average Bonchev–Trinajstić information content (AvgIpc) is 2.75. The largest absolute Gasteiger partial charge is 0.494 e. The third-order valence-electron chi connectivity index (χ3n) is 4.04. The zero-order valence-corrected chi connectivity index (χ0v) is 16.7. The first kappa shape index (κ1) is 20.4. The molecular weight excluding hydrogens is 388 g/mol. The van der Waals surface area contributed by atoms with Crippen LogP contribution in [0.2, 0.25) is 5.02 Å². The van der Waals surface area contributed by atoms with Crippen molar-refractivity contribution in [3.63, 3.8) is 0 Å². The lowest BCUT2D eigenvalue weighted by Crippen LogP contribution is -2.18. The molecule has 1 amide bonds. The number of para-hydroxylation sites is 1. The van der Waals surface area contributed by atoms with Crippen molar-refractivity contribution in [1.82, 2.24) is 5.43 Å². The van der Waals surface area contributed by atoms with Crippen molar-refractivity contribution in [3.8, 4) is 11.5 Å². The number of rotatable bonds is 8. The molecule has 6 heteroatoms. The van der Waals surface area contributed by atoms with Gasteiger partial charge in [-0.05, 0) is 55.0 Å². The van der Waals surface area contributed by atoms with Crippen molar-refractivity contribution < 1.29 is 14.3 Å². The van der Waals surface area contributed by atoms with E-state index in [4.69, 9.17) is 21.1 Å². The number of hydrogen-bond acceptors (Lipinski definition) is 4. The van der Waals surface area contributed by atoms with Gasteiger partial charge in [0, 0.05) is 10.6 Å². The van der Waals surface area contributed by atoms with E-state index in [2.05, 4.69) is 10.5 Å². The maximum atomic E-state index is 12.5. The Hall–Kier alpha value is -3.31. The number of nitrogens with one attached hydrogen (secondary N) is 1. The van der Waals surface area contributed by atoms with Crippen LogP contribution in [0.5, 0.6) is 11.5 Å². The van der Waals surface area contributed by atoms with Gasteiger partial charge in [-0.2, -0.15) is 5.10 Å². The van der Waals surface area contributed by atoms with Crippen LogP contribution in [0.1, 0.15) is 28.4 Å². The van der Waals surface area contributed by atoms with Crippen molar-refractivity contribution in [1.29, 1.82) is 0 Å². The number of amides is 1. The Kier molecular flexibility index (Phi) is 7.25. The second kappa shape index (κ2) is 10.3. The zero-order chi connectivity index (χ0) is 20.5. The van der Waals surface area contributed by atoms with E-state index in [0.29, 0.717) is 22.9 Å². The summed E-state index contributed by atoms with van der Waals surface area (Å²) in [7, 11) is 0. The topological polar surface area (TPSA) is 59.9 Å². The molecule has 0 saturated heterocycles. The van der Waals surface area contributed by atoms with Gasteiger partial charge in [0.2, 0.25) is 0 Å². The van der Waals surface area contributed by atoms with Gasteiger partial charge < -0.3 is 9.47 Å². The zero-order valence-electron chi connectivity index (χ0n) is 16.0. The maximum absolute atomic E-state index is 12.5. The number of hydrazone groups is 1. The molecule has 5 nitrogen and oxygen atoms in total. The van der Waals surface area contributed by atoms with Crippen molar-refractivity contribution in [3.05, 3.63) is 94.5 Å². The fraction of sp³-hybridized carbons (Fsp3) is 0.130. The highest BCUT2D eigenvalue weighted by Gasteiger charge is 2.12. The Morgan fingerprint density at radius 2 is 1.72 bits per heavy atom. The first-order valence-electron chi connectivity index (χ1n) is 9.19. The Morgan fingerprint density at radius 1 is 1.00 bits per heavy atom. The summed E-state index contributed by atoms with van der Waals surface area (Å²) < 4.78 is 11.2. The smallest absolute Gasteiger partial charge is 0.275 e. The summed E-state index contributed by atoms with van der Waals surface area (Å²) in [4.78, 5) is 12.5. The first-order chi connectivity index (χ1) is 14.2. The van der Waals surface area contributed by atoms with Crippen LogP contribution in [-0.2, 0) is 6.61 Å². The molecule has 3 aromatic carbocycles. The average molecular weight is 409 g/mol. The fourth-order valence-corrected chi connectivity index (χ4v) is 2.78. The molecule has 3 rings (SSSR count). The van der Waals surface area contributed by atoms with Crippen LogP contribution in [0.4, 0.5) is 0 Å². The minimum Gasteiger partial charge on any atom is -0.494 e. The second-order valence-corrected chi connectivity index (χ2v) is 6.48. The normalized spacial score (nSPS) is 10.7. The van der Waals surface area contributed by atoms with Gasteiger partial charge >= 0.3 is 0 Å². The molecule has 3 aromatic rings. The fourth-order valence-electron chi connectivity index (χ4n) is 2.59. The number of ether oxygens (including phenoxy) is 2. The van der Waals surface area contributed by atoms with E-state index in [0.717, 1.165) is 16.9 Å². The van der Waals surface area contributed by atoms with Crippen molar-refractivity contribution in [2.45, 2.75) is 13.5 Å². The highest BCUT2D eigenvalue weighted by atomic mass is 35.5. The van der Waals surface area contributed by atoms with Gasteiger partial charge in [0.1, 0.15) is 18.1 Å². The second-order valence-electron chi connectivity index (χ2n) is 6.08. The van der Waals surface area contributed by atoms with E-state index in [1.54, 1.807) is 30.5 Å². The third-order valence-corrected chi connectivity index (χ3v) is 4.41. The Morgan fingerprint density at radius 3 is 2.48 bits per heavy atom. The lowest BCUT2D eigenvalue weighted by Gasteiger charge is -2.11. The SMILES string of the molecule is CCOc1ccc(/C=N/NC(=O)c2ccccc2OCc2ccccc2Cl)cc1. The first-order valence-corrected chi connectivity index (χ1v) is 9.56. The van der Waals surface area contributed by atoms with Gasteiger partial charge in [0.15, 0.2) is 0 Å². The van der Waals surface area contributed by atoms with E-state index >= 15 is 0 Å². The highest BCUT2D eigenvalue weighted by molar-refractivity contribution is 6.31. The van der Waals surface area contributed by atoms with E-state index in [1.807, 2.05) is 55.5 Å². The highest BCUT2D eigenvalue weighted by Crippen LogP contribution is 2.22. The molecule has 148 valence electrons. The van der Waals surface area contributed by atoms with Crippen LogP contribution >= 0.6 is 11.6 Å². The number of hydrogen-bond donors (Lipinski definition) is 1.